The molecule has 0 aromatic rings. The minimum atomic E-state index is -1.11. The number of ketones is 1. The Morgan fingerprint density at radius 2 is 1.19 bits per heavy atom. The van der Waals surface area contributed by atoms with Crippen LogP contribution in [0.2, 0.25) is 0 Å². The number of carbonyl (C=O) groups is 4. The van der Waals surface area contributed by atoms with Crippen LogP contribution in [0.5, 0.6) is 0 Å². The fourth-order valence-corrected chi connectivity index (χ4v) is 2.97. The van der Waals surface area contributed by atoms with E-state index in [4.69, 9.17) is 10.2 Å². The molecule has 27 heavy (non-hydrogen) atoms. The van der Waals surface area contributed by atoms with Crippen molar-refractivity contribution in [2.24, 2.45) is 5.92 Å². The van der Waals surface area contributed by atoms with E-state index in [1.54, 1.807) is 28.5 Å². The van der Waals surface area contributed by atoms with Gasteiger partial charge in [0.1, 0.15) is 11.8 Å². The fourth-order valence-electron chi connectivity index (χ4n) is 2.97. The summed E-state index contributed by atoms with van der Waals surface area (Å²) in [7, 11) is 0. The molecule has 0 aromatic carbocycles. The van der Waals surface area contributed by atoms with E-state index >= 15 is 0 Å². The average molecular weight is 387 g/mol. The van der Waals surface area contributed by atoms with Crippen molar-refractivity contribution in [2.45, 2.75) is 26.3 Å². The maximum Gasteiger partial charge on any atom is 0.321 e. The zero-order valence-electron chi connectivity index (χ0n) is 15.8. The van der Waals surface area contributed by atoms with Gasteiger partial charge in [0, 0.05) is 51.6 Å². The summed E-state index contributed by atoms with van der Waals surface area (Å²) in [6.45, 7) is 4.97. The van der Waals surface area contributed by atoms with Crippen LogP contribution >= 0.6 is 0 Å². The lowest BCUT2D eigenvalue weighted by Crippen LogP contribution is -2.48. The molecule has 0 spiro atoms. The average Bonchev–Trinajstić information content (AvgIpc) is 2.63. The van der Waals surface area contributed by atoms with Crippen LogP contribution in [0.15, 0.2) is 0 Å². The van der Waals surface area contributed by atoms with Gasteiger partial charge in [-0.3, -0.25) is 33.9 Å². The first kappa shape index (κ1) is 23.0. The smallest absolute Gasteiger partial charge is 0.321 e. The number of carboxylic acids is 3. The van der Waals surface area contributed by atoms with Gasteiger partial charge in [0.05, 0.1) is 13.1 Å². The molecule has 1 aliphatic rings. The lowest BCUT2D eigenvalue weighted by Gasteiger charge is -2.30. The molecule has 1 aliphatic heterocycles. The number of carbonyl (C=O) groups excluding carboxylic acids is 1. The Bertz CT molecular complexity index is 525. The second kappa shape index (κ2) is 11.0. The van der Waals surface area contributed by atoms with Crippen LogP contribution in [0.1, 0.15) is 20.3 Å². The first-order valence-electron chi connectivity index (χ1n) is 8.98. The molecule has 0 aliphatic carbocycles. The third-order valence-electron chi connectivity index (χ3n) is 4.62. The third-order valence-corrected chi connectivity index (χ3v) is 4.62. The molecule has 3 N–H and O–H groups in total. The van der Waals surface area contributed by atoms with Crippen LogP contribution in [0.25, 0.3) is 0 Å². The molecular formula is C17H29N3O7. The highest BCUT2D eigenvalue weighted by atomic mass is 16.4. The predicted octanol–water partition coefficient (Wildman–Crippen LogP) is -0.856. The van der Waals surface area contributed by atoms with E-state index < -0.39 is 23.9 Å². The Morgan fingerprint density at radius 1 is 0.778 bits per heavy atom. The highest BCUT2D eigenvalue weighted by molar-refractivity contribution is 5.86. The van der Waals surface area contributed by atoms with Crippen LogP contribution in [-0.4, -0.2) is 112 Å². The molecule has 1 atom stereocenters. The van der Waals surface area contributed by atoms with Crippen molar-refractivity contribution in [1.82, 2.24) is 14.7 Å². The van der Waals surface area contributed by atoms with Crippen molar-refractivity contribution in [3.05, 3.63) is 0 Å². The third kappa shape index (κ3) is 8.46. The summed E-state index contributed by atoms with van der Waals surface area (Å²) in [5.41, 5.74) is 0. The van der Waals surface area contributed by atoms with Crippen molar-refractivity contribution in [3.8, 4) is 0 Å². The molecule has 1 heterocycles. The first-order valence-corrected chi connectivity index (χ1v) is 8.98. The highest BCUT2D eigenvalue weighted by Crippen LogP contribution is 2.12. The topological polar surface area (TPSA) is 139 Å². The zero-order chi connectivity index (χ0) is 20.6. The van der Waals surface area contributed by atoms with Gasteiger partial charge in [-0.15, -0.1) is 0 Å². The quantitative estimate of drug-likeness (QED) is 0.458. The molecule has 154 valence electrons. The van der Waals surface area contributed by atoms with Gasteiger partial charge < -0.3 is 15.3 Å². The minimum Gasteiger partial charge on any atom is -0.480 e. The fraction of sp³-hybridized carbons (Fsp3) is 0.765. The van der Waals surface area contributed by atoms with Crippen LogP contribution in [0.4, 0.5) is 0 Å². The number of hydrogen-bond donors (Lipinski definition) is 3. The van der Waals surface area contributed by atoms with E-state index in [1.165, 1.54) is 0 Å². The second-order valence-corrected chi connectivity index (χ2v) is 7.05. The first-order chi connectivity index (χ1) is 12.6. The minimum absolute atomic E-state index is 0.134. The van der Waals surface area contributed by atoms with Gasteiger partial charge in [0.15, 0.2) is 0 Å². The van der Waals surface area contributed by atoms with Crippen LogP contribution in [-0.2, 0) is 19.2 Å². The molecule has 1 rings (SSSR count). The van der Waals surface area contributed by atoms with Gasteiger partial charge in [-0.2, -0.15) is 0 Å². The zero-order valence-corrected chi connectivity index (χ0v) is 15.8. The van der Waals surface area contributed by atoms with Crippen LogP contribution < -0.4 is 0 Å². The van der Waals surface area contributed by atoms with Crippen molar-refractivity contribution < 1.29 is 34.5 Å². The summed E-state index contributed by atoms with van der Waals surface area (Å²) in [6, 6.07) is -1.02. The normalized spacial score (nSPS) is 19.1. The summed E-state index contributed by atoms with van der Waals surface area (Å²) in [5.74, 6) is -3.56. The molecule has 0 bridgehead atoms. The highest BCUT2D eigenvalue weighted by Gasteiger charge is 2.30. The molecule has 0 radical (unpaired) electrons. The van der Waals surface area contributed by atoms with E-state index in [2.05, 4.69) is 0 Å². The van der Waals surface area contributed by atoms with Crippen molar-refractivity contribution in [3.63, 3.8) is 0 Å². The van der Waals surface area contributed by atoms with Gasteiger partial charge >= 0.3 is 17.9 Å². The predicted molar refractivity (Wildman–Crippen MR) is 95.6 cm³/mol. The number of carboxylic acid groups (broad SMARTS) is 3. The number of aliphatic carboxylic acids is 3. The summed E-state index contributed by atoms with van der Waals surface area (Å²) < 4.78 is 0. The SMILES string of the molecule is CC(C)C(=O)CC(C(=O)O)N1CCN(CC(=O)O)CCN(CC(=O)O)CC1. The Balaban J connectivity index is 2.96. The van der Waals surface area contributed by atoms with E-state index in [9.17, 15) is 24.3 Å². The maximum absolute atomic E-state index is 12.1. The number of rotatable bonds is 9. The number of hydrogen-bond acceptors (Lipinski definition) is 7. The van der Waals surface area contributed by atoms with E-state index in [1.807, 2.05) is 0 Å². The van der Waals surface area contributed by atoms with Gasteiger partial charge in [-0.05, 0) is 0 Å². The summed E-state index contributed by atoms with van der Waals surface area (Å²) >= 11 is 0. The van der Waals surface area contributed by atoms with Crippen molar-refractivity contribution in [2.75, 3.05) is 52.4 Å². The molecule has 1 fully saturated rings. The Labute approximate surface area is 158 Å². The van der Waals surface area contributed by atoms with E-state index in [0.29, 0.717) is 26.2 Å². The molecule has 0 aromatic heterocycles. The number of Topliss-reactive ketones (excluding diaryl/α,β-unsaturated/α-hetero) is 1. The monoisotopic (exact) mass is 387 g/mol. The maximum atomic E-state index is 12.1. The van der Waals surface area contributed by atoms with E-state index in [-0.39, 0.29) is 44.3 Å². The second-order valence-electron chi connectivity index (χ2n) is 7.05. The lowest BCUT2D eigenvalue weighted by atomic mass is 10.0. The molecule has 10 heteroatoms. The van der Waals surface area contributed by atoms with Gasteiger partial charge in [-0.1, -0.05) is 13.8 Å². The molecule has 0 saturated carbocycles. The van der Waals surface area contributed by atoms with Gasteiger partial charge in [0.25, 0.3) is 0 Å². The standard InChI is InChI=1S/C17H29N3O7/c1-12(2)14(21)9-13(17(26)27)20-7-5-18(10-15(22)23)3-4-19(6-8-20)11-16(24)25/h12-13H,3-11H2,1-2H3,(H,22,23)(H,24,25)(H,26,27). The molecular weight excluding hydrogens is 358 g/mol. The summed E-state index contributed by atoms with van der Waals surface area (Å²) in [6.07, 6.45) is -0.134. The van der Waals surface area contributed by atoms with Crippen LogP contribution in [0, 0.1) is 5.92 Å². The lowest BCUT2D eigenvalue weighted by molar-refractivity contribution is -0.146. The van der Waals surface area contributed by atoms with Gasteiger partial charge in [-0.25, -0.2) is 0 Å². The Hall–Kier alpha value is -2.04. The molecule has 1 unspecified atom stereocenters. The molecule has 0 amide bonds. The Kier molecular flexibility index (Phi) is 9.33. The van der Waals surface area contributed by atoms with Gasteiger partial charge in [0.2, 0.25) is 0 Å². The van der Waals surface area contributed by atoms with E-state index in [0.717, 1.165) is 0 Å². The largest absolute Gasteiger partial charge is 0.480 e. The van der Waals surface area contributed by atoms with Crippen LogP contribution in [0.3, 0.4) is 0 Å². The van der Waals surface area contributed by atoms with Crippen molar-refractivity contribution in [1.29, 1.82) is 0 Å². The Morgan fingerprint density at radius 3 is 1.52 bits per heavy atom. The van der Waals surface area contributed by atoms with Crippen molar-refractivity contribution >= 4 is 23.7 Å². The molecule has 1 saturated heterocycles. The molecule has 10 nitrogen and oxygen atoms in total. The summed E-state index contributed by atoms with van der Waals surface area (Å²) in [5, 5.41) is 27.7. The summed E-state index contributed by atoms with van der Waals surface area (Å²) in [4.78, 5) is 50.9. The number of nitrogens with zero attached hydrogens (tertiary/aromatic N) is 3.